The fourth-order valence-electron chi connectivity index (χ4n) is 3.60. The zero-order chi connectivity index (χ0) is 18.1. The van der Waals surface area contributed by atoms with E-state index in [1.54, 1.807) is 0 Å². The van der Waals surface area contributed by atoms with Gasteiger partial charge in [0.15, 0.2) is 5.82 Å². The van der Waals surface area contributed by atoms with Crippen molar-refractivity contribution in [2.24, 2.45) is 0 Å². The average Bonchev–Trinajstić information content (AvgIpc) is 3.09. The van der Waals surface area contributed by atoms with Crippen LogP contribution in [0.25, 0.3) is 0 Å². The van der Waals surface area contributed by atoms with Crippen molar-refractivity contribution in [3.05, 3.63) is 40.5 Å². The molecule has 2 unspecified atom stereocenters. The molecule has 1 aromatic heterocycles. The highest BCUT2D eigenvalue weighted by Crippen LogP contribution is 2.37. The third kappa shape index (κ3) is 3.69. The van der Waals surface area contributed by atoms with Crippen LogP contribution >= 0.6 is 23.4 Å². The molecule has 6 nitrogen and oxygen atoms in total. The maximum Gasteiger partial charge on any atom is 0.317 e. The van der Waals surface area contributed by atoms with Gasteiger partial charge in [-0.3, -0.25) is 0 Å². The number of nitrogens with one attached hydrogen (secondary N) is 1. The lowest BCUT2D eigenvalue weighted by molar-refractivity contribution is 0.168. The maximum atomic E-state index is 12.9. The quantitative estimate of drug-likeness (QED) is 0.830. The smallest absolute Gasteiger partial charge is 0.317 e. The molecule has 0 radical (unpaired) electrons. The van der Waals surface area contributed by atoms with Crippen molar-refractivity contribution in [3.63, 3.8) is 0 Å². The predicted octanol–water partition coefficient (Wildman–Crippen LogP) is 4.16. The van der Waals surface area contributed by atoms with Crippen LogP contribution in [0.4, 0.5) is 4.79 Å². The number of likely N-dealkylation sites (tertiary alicyclic amines) is 1. The number of carbonyl (C=O) groups is 1. The summed E-state index contributed by atoms with van der Waals surface area (Å²) >= 11 is 7.97. The summed E-state index contributed by atoms with van der Waals surface area (Å²) in [7, 11) is 0. The lowest BCUT2D eigenvalue weighted by Gasteiger charge is -2.34. The molecule has 1 aromatic carbocycles. The molecule has 3 heterocycles. The van der Waals surface area contributed by atoms with Gasteiger partial charge in [-0.15, -0.1) is 11.8 Å². The Hall–Kier alpha value is -1.73. The van der Waals surface area contributed by atoms with E-state index in [9.17, 15) is 4.79 Å². The topological polar surface area (TPSA) is 71.3 Å². The molecule has 2 amide bonds. The Bertz CT molecular complexity index is 812. The molecule has 0 bridgehead atoms. The van der Waals surface area contributed by atoms with E-state index < -0.39 is 0 Å². The minimum Gasteiger partial charge on any atom is -0.339 e. The number of hydrogen-bond donors (Lipinski definition) is 1. The summed E-state index contributed by atoms with van der Waals surface area (Å²) in [5.74, 6) is 2.36. The largest absolute Gasteiger partial charge is 0.339 e. The number of aryl methyl sites for hydroxylation is 1. The Morgan fingerprint density at radius 3 is 3.12 bits per heavy atom. The highest BCUT2D eigenvalue weighted by molar-refractivity contribution is 7.99. The highest BCUT2D eigenvalue weighted by Gasteiger charge is 2.30. The summed E-state index contributed by atoms with van der Waals surface area (Å²) in [6.07, 6.45) is 2.80. The van der Waals surface area contributed by atoms with E-state index in [1.165, 1.54) is 4.90 Å². The van der Waals surface area contributed by atoms with E-state index in [4.69, 9.17) is 16.1 Å². The van der Waals surface area contributed by atoms with E-state index in [0.29, 0.717) is 23.3 Å². The molecule has 26 heavy (non-hydrogen) atoms. The van der Waals surface area contributed by atoms with Gasteiger partial charge in [-0.05, 0) is 49.9 Å². The number of fused-ring (bicyclic) bond motifs is 1. The van der Waals surface area contributed by atoms with Crippen molar-refractivity contribution in [1.82, 2.24) is 20.4 Å². The summed E-state index contributed by atoms with van der Waals surface area (Å²) in [6, 6.07) is 5.88. The molecule has 2 atom stereocenters. The van der Waals surface area contributed by atoms with Crippen LogP contribution in [-0.4, -0.2) is 39.9 Å². The van der Waals surface area contributed by atoms with Gasteiger partial charge in [0, 0.05) is 28.8 Å². The summed E-state index contributed by atoms with van der Waals surface area (Å²) in [5.41, 5.74) is 1.11. The zero-order valence-electron chi connectivity index (χ0n) is 14.6. The van der Waals surface area contributed by atoms with Crippen LogP contribution in [0, 0.1) is 6.92 Å². The second-order valence-corrected chi connectivity index (χ2v) is 8.36. The monoisotopic (exact) mass is 392 g/mol. The molecule has 2 aliphatic heterocycles. The Morgan fingerprint density at radius 2 is 2.31 bits per heavy atom. The second-order valence-electron chi connectivity index (χ2n) is 6.79. The van der Waals surface area contributed by atoms with Crippen molar-refractivity contribution in [3.8, 4) is 0 Å². The van der Waals surface area contributed by atoms with Crippen LogP contribution in [0.1, 0.15) is 48.5 Å². The molecule has 0 saturated carbocycles. The Morgan fingerprint density at radius 1 is 1.42 bits per heavy atom. The number of aromatic nitrogens is 2. The number of amides is 2. The van der Waals surface area contributed by atoms with Gasteiger partial charge in [-0.25, -0.2) is 4.79 Å². The van der Waals surface area contributed by atoms with Gasteiger partial charge in [-0.1, -0.05) is 16.8 Å². The second kappa shape index (κ2) is 7.48. The number of benzene rings is 1. The molecular formula is C18H21ClN4O2S. The van der Waals surface area contributed by atoms with Crippen LogP contribution in [0.2, 0.25) is 5.02 Å². The van der Waals surface area contributed by atoms with Crippen molar-refractivity contribution in [2.75, 3.05) is 18.8 Å². The molecule has 0 aliphatic carbocycles. The Kier molecular flexibility index (Phi) is 5.09. The number of thioether (sulfide) groups is 1. The number of halogens is 1. The van der Waals surface area contributed by atoms with Crippen LogP contribution < -0.4 is 5.32 Å². The number of nitrogens with zero attached hydrogens (tertiary/aromatic N) is 3. The van der Waals surface area contributed by atoms with Crippen LogP contribution in [0.15, 0.2) is 27.6 Å². The van der Waals surface area contributed by atoms with Crippen molar-refractivity contribution in [1.29, 1.82) is 0 Å². The molecular weight excluding hydrogens is 372 g/mol. The van der Waals surface area contributed by atoms with E-state index in [0.717, 1.165) is 37.1 Å². The normalized spacial score (nSPS) is 22.8. The lowest BCUT2D eigenvalue weighted by Crippen LogP contribution is -2.46. The molecule has 1 fully saturated rings. The van der Waals surface area contributed by atoms with E-state index in [1.807, 2.05) is 41.8 Å². The lowest BCUT2D eigenvalue weighted by atomic mass is 9.98. The molecule has 2 aliphatic rings. The Balaban J connectivity index is 1.44. The summed E-state index contributed by atoms with van der Waals surface area (Å²) < 4.78 is 5.30. The first-order valence-corrected chi connectivity index (χ1v) is 10.2. The standard InChI is InChI=1S/C18H21ClN4O2S/c1-11-20-17(25-22-11)12-3-2-7-23(10-12)18(24)21-15-6-8-26-16-5-4-13(19)9-14(15)16/h4-5,9,12,15H,2-3,6-8,10H2,1H3,(H,21,24). The van der Waals surface area contributed by atoms with Crippen LogP contribution in [0.3, 0.4) is 0 Å². The minimum absolute atomic E-state index is 0.00322. The van der Waals surface area contributed by atoms with Gasteiger partial charge >= 0.3 is 6.03 Å². The first-order chi connectivity index (χ1) is 12.6. The first-order valence-electron chi connectivity index (χ1n) is 8.88. The van der Waals surface area contributed by atoms with Crippen LogP contribution in [-0.2, 0) is 0 Å². The van der Waals surface area contributed by atoms with Crippen molar-refractivity contribution < 1.29 is 9.32 Å². The van der Waals surface area contributed by atoms with E-state index in [2.05, 4.69) is 15.5 Å². The number of urea groups is 1. The number of carbonyl (C=O) groups excluding carboxylic acids is 1. The Labute approximate surface area is 161 Å². The summed E-state index contributed by atoms with van der Waals surface area (Å²) in [4.78, 5) is 20.2. The van der Waals surface area contributed by atoms with Crippen molar-refractivity contribution in [2.45, 2.75) is 43.0 Å². The minimum atomic E-state index is -0.0336. The maximum absolute atomic E-state index is 12.9. The summed E-state index contributed by atoms with van der Waals surface area (Å²) in [6.45, 7) is 3.17. The van der Waals surface area contributed by atoms with E-state index >= 15 is 0 Å². The van der Waals surface area contributed by atoms with Gasteiger partial charge in [0.05, 0.1) is 12.0 Å². The fourth-order valence-corrected chi connectivity index (χ4v) is 4.88. The van der Waals surface area contributed by atoms with Crippen LogP contribution in [0.5, 0.6) is 0 Å². The molecule has 0 spiro atoms. The van der Waals surface area contributed by atoms with Gasteiger partial charge < -0.3 is 14.7 Å². The van der Waals surface area contributed by atoms with Gasteiger partial charge in [-0.2, -0.15) is 4.98 Å². The number of rotatable bonds is 2. The summed E-state index contributed by atoms with van der Waals surface area (Å²) in [5, 5.41) is 7.77. The number of hydrogen-bond acceptors (Lipinski definition) is 5. The fraction of sp³-hybridized carbons (Fsp3) is 0.500. The predicted molar refractivity (Wildman–Crippen MR) is 101 cm³/mol. The van der Waals surface area contributed by atoms with Gasteiger partial charge in [0.25, 0.3) is 0 Å². The molecule has 1 saturated heterocycles. The third-order valence-electron chi connectivity index (χ3n) is 4.91. The van der Waals surface area contributed by atoms with E-state index in [-0.39, 0.29) is 18.0 Å². The molecule has 4 rings (SSSR count). The van der Waals surface area contributed by atoms with Gasteiger partial charge in [0.1, 0.15) is 0 Å². The third-order valence-corrected chi connectivity index (χ3v) is 6.27. The van der Waals surface area contributed by atoms with Gasteiger partial charge in [0.2, 0.25) is 5.89 Å². The average molecular weight is 393 g/mol. The molecule has 1 N–H and O–H groups in total. The highest BCUT2D eigenvalue weighted by atomic mass is 35.5. The van der Waals surface area contributed by atoms with Crippen molar-refractivity contribution >= 4 is 29.4 Å². The molecule has 138 valence electrons. The SMILES string of the molecule is Cc1noc(C2CCCN(C(=O)NC3CCSc4ccc(Cl)cc43)C2)n1. The number of piperidine rings is 1. The molecule has 8 heteroatoms. The zero-order valence-corrected chi connectivity index (χ0v) is 16.1. The molecule has 2 aromatic rings. The first kappa shape index (κ1) is 17.7.